The molecule has 7 heteroatoms. The summed E-state index contributed by atoms with van der Waals surface area (Å²) >= 11 is 0. The van der Waals surface area contributed by atoms with Gasteiger partial charge in [-0.1, -0.05) is 0 Å². The van der Waals surface area contributed by atoms with Crippen LogP contribution in [-0.4, -0.2) is 48.9 Å². The number of nitrogens with zero attached hydrogens (tertiary/aromatic N) is 5. The number of anilines is 1. The van der Waals surface area contributed by atoms with Gasteiger partial charge < -0.3 is 10.8 Å². The van der Waals surface area contributed by atoms with E-state index in [-0.39, 0.29) is 6.61 Å². The van der Waals surface area contributed by atoms with Crippen LogP contribution in [-0.2, 0) is 13.6 Å². The number of aromatic nitrogens is 4. The van der Waals surface area contributed by atoms with E-state index in [9.17, 15) is 0 Å². The highest BCUT2D eigenvalue weighted by molar-refractivity contribution is 5.84. The standard InChI is InChI=1S/C12H20N6O/c1-8(2)18(4-5-19)7-10-15-11(13)9-6-14-17(3)12(9)16-10/h6,8,19H,4-5,7H2,1-3H3,(H2,13,15,16). The van der Waals surface area contributed by atoms with E-state index in [4.69, 9.17) is 10.8 Å². The van der Waals surface area contributed by atoms with Gasteiger partial charge in [0.25, 0.3) is 0 Å². The Bertz CT molecular complexity index is 565. The highest BCUT2D eigenvalue weighted by Gasteiger charge is 2.14. The van der Waals surface area contributed by atoms with Gasteiger partial charge in [-0.3, -0.25) is 9.58 Å². The summed E-state index contributed by atoms with van der Waals surface area (Å²) in [7, 11) is 1.83. The third-order valence-corrected chi connectivity index (χ3v) is 3.13. The largest absolute Gasteiger partial charge is 0.395 e. The second-order valence-electron chi connectivity index (χ2n) is 4.82. The lowest BCUT2D eigenvalue weighted by molar-refractivity contribution is 0.156. The van der Waals surface area contributed by atoms with E-state index in [2.05, 4.69) is 33.8 Å². The molecule has 0 aliphatic rings. The van der Waals surface area contributed by atoms with Crippen molar-refractivity contribution in [3.63, 3.8) is 0 Å². The van der Waals surface area contributed by atoms with Gasteiger partial charge in [0.2, 0.25) is 0 Å². The van der Waals surface area contributed by atoms with Gasteiger partial charge in [0.1, 0.15) is 11.6 Å². The van der Waals surface area contributed by atoms with E-state index < -0.39 is 0 Å². The summed E-state index contributed by atoms with van der Waals surface area (Å²) in [5, 5.41) is 14.0. The minimum absolute atomic E-state index is 0.113. The van der Waals surface area contributed by atoms with Crippen molar-refractivity contribution in [1.82, 2.24) is 24.6 Å². The number of aryl methyl sites for hydroxylation is 1. The zero-order valence-electron chi connectivity index (χ0n) is 11.5. The van der Waals surface area contributed by atoms with Gasteiger partial charge in [-0.2, -0.15) is 5.10 Å². The minimum atomic E-state index is 0.113. The first-order valence-electron chi connectivity index (χ1n) is 6.32. The summed E-state index contributed by atoms with van der Waals surface area (Å²) in [6.07, 6.45) is 1.67. The van der Waals surface area contributed by atoms with E-state index >= 15 is 0 Å². The van der Waals surface area contributed by atoms with Crippen molar-refractivity contribution in [1.29, 1.82) is 0 Å². The van der Waals surface area contributed by atoms with Crippen LogP contribution in [0.4, 0.5) is 5.82 Å². The molecule has 0 aliphatic carbocycles. The first-order valence-corrected chi connectivity index (χ1v) is 6.32. The van der Waals surface area contributed by atoms with E-state index in [0.29, 0.717) is 30.8 Å². The molecule has 0 amide bonds. The highest BCUT2D eigenvalue weighted by Crippen LogP contribution is 2.17. The molecule has 0 unspecified atom stereocenters. The van der Waals surface area contributed by atoms with Crippen LogP contribution in [0.25, 0.3) is 11.0 Å². The SMILES string of the molecule is CC(C)N(CCO)Cc1nc(N)c2cnn(C)c2n1. The molecule has 2 aromatic rings. The van der Waals surface area contributed by atoms with Crippen molar-refractivity contribution >= 4 is 16.9 Å². The molecule has 2 rings (SSSR count). The summed E-state index contributed by atoms with van der Waals surface area (Å²) in [6, 6.07) is 0.305. The van der Waals surface area contributed by atoms with E-state index in [1.807, 2.05) is 7.05 Å². The zero-order chi connectivity index (χ0) is 14.0. The van der Waals surface area contributed by atoms with Gasteiger partial charge in [0.15, 0.2) is 5.65 Å². The molecule has 3 N–H and O–H groups in total. The number of fused-ring (bicyclic) bond motifs is 1. The monoisotopic (exact) mass is 264 g/mol. The van der Waals surface area contributed by atoms with Gasteiger partial charge in [-0.25, -0.2) is 9.97 Å². The lowest BCUT2D eigenvalue weighted by Gasteiger charge is -2.24. The number of nitrogens with two attached hydrogens (primary N) is 1. The number of aliphatic hydroxyl groups is 1. The average molecular weight is 264 g/mol. The molecular weight excluding hydrogens is 244 g/mol. The van der Waals surface area contributed by atoms with Crippen molar-refractivity contribution in [3.05, 3.63) is 12.0 Å². The predicted octanol–water partition coefficient (Wildman–Crippen LogP) is 0.148. The summed E-state index contributed by atoms with van der Waals surface area (Å²) in [5.74, 6) is 1.09. The number of hydrogen-bond donors (Lipinski definition) is 2. The predicted molar refractivity (Wildman–Crippen MR) is 73.3 cm³/mol. The van der Waals surface area contributed by atoms with Gasteiger partial charge in [-0.15, -0.1) is 0 Å². The second kappa shape index (κ2) is 5.50. The quantitative estimate of drug-likeness (QED) is 0.798. The Kier molecular flexibility index (Phi) is 3.96. The molecule has 0 saturated carbocycles. The number of hydrogen-bond acceptors (Lipinski definition) is 6. The second-order valence-corrected chi connectivity index (χ2v) is 4.82. The van der Waals surface area contributed by atoms with Gasteiger partial charge in [-0.05, 0) is 13.8 Å². The molecule has 7 nitrogen and oxygen atoms in total. The maximum Gasteiger partial charge on any atom is 0.163 e. The number of rotatable bonds is 5. The average Bonchev–Trinajstić information content (AvgIpc) is 2.71. The molecule has 0 bridgehead atoms. The summed E-state index contributed by atoms with van der Waals surface area (Å²) in [5.41, 5.74) is 6.66. The fourth-order valence-electron chi connectivity index (χ4n) is 1.99. The van der Waals surface area contributed by atoms with Crippen LogP contribution in [0.15, 0.2) is 6.20 Å². The van der Waals surface area contributed by atoms with Crippen molar-refractivity contribution in [3.8, 4) is 0 Å². The minimum Gasteiger partial charge on any atom is -0.395 e. The molecule has 2 heterocycles. The van der Waals surface area contributed by atoms with Crippen LogP contribution in [0.1, 0.15) is 19.7 Å². The van der Waals surface area contributed by atoms with Gasteiger partial charge in [0.05, 0.1) is 24.7 Å². The Morgan fingerprint density at radius 2 is 2.16 bits per heavy atom. The van der Waals surface area contributed by atoms with Crippen LogP contribution in [0, 0.1) is 0 Å². The molecule has 0 aromatic carbocycles. The Balaban J connectivity index is 2.31. The van der Waals surface area contributed by atoms with Gasteiger partial charge in [0, 0.05) is 19.6 Å². The molecule has 2 aromatic heterocycles. The van der Waals surface area contributed by atoms with Crippen LogP contribution in [0.2, 0.25) is 0 Å². The highest BCUT2D eigenvalue weighted by atomic mass is 16.3. The summed E-state index contributed by atoms with van der Waals surface area (Å²) < 4.78 is 1.68. The molecule has 0 fully saturated rings. The Labute approximate surface area is 112 Å². The molecular formula is C12H20N6O. The van der Waals surface area contributed by atoms with Crippen LogP contribution >= 0.6 is 0 Å². The van der Waals surface area contributed by atoms with Gasteiger partial charge >= 0.3 is 0 Å². The van der Waals surface area contributed by atoms with Crippen LogP contribution in [0.3, 0.4) is 0 Å². The van der Waals surface area contributed by atoms with Crippen LogP contribution < -0.4 is 5.73 Å². The topological polar surface area (TPSA) is 93.1 Å². The molecule has 0 spiro atoms. The zero-order valence-corrected chi connectivity index (χ0v) is 11.5. The fourth-order valence-corrected chi connectivity index (χ4v) is 1.99. The lowest BCUT2D eigenvalue weighted by Crippen LogP contribution is -2.33. The van der Waals surface area contributed by atoms with E-state index in [0.717, 1.165) is 11.0 Å². The molecule has 104 valence electrons. The Morgan fingerprint density at radius 3 is 2.79 bits per heavy atom. The summed E-state index contributed by atoms with van der Waals surface area (Å²) in [4.78, 5) is 10.9. The third-order valence-electron chi connectivity index (χ3n) is 3.13. The lowest BCUT2D eigenvalue weighted by atomic mass is 10.3. The normalized spacial score (nSPS) is 11.9. The summed E-state index contributed by atoms with van der Waals surface area (Å²) in [6.45, 7) is 5.40. The van der Waals surface area contributed by atoms with E-state index in [1.165, 1.54) is 0 Å². The molecule has 0 aliphatic heterocycles. The van der Waals surface area contributed by atoms with Crippen molar-refractivity contribution < 1.29 is 5.11 Å². The number of aliphatic hydroxyl groups excluding tert-OH is 1. The smallest absolute Gasteiger partial charge is 0.163 e. The molecule has 0 atom stereocenters. The first kappa shape index (κ1) is 13.7. The molecule has 0 saturated heterocycles. The molecule has 0 radical (unpaired) electrons. The third kappa shape index (κ3) is 2.82. The fraction of sp³-hybridized carbons (Fsp3) is 0.583. The van der Waals surface area contributed by atoms with Crippen molar-refractivity contribution in [2.75, 3.05) is 18.9 Å². The maximum atomic E-state index is 9.08. The van der Waals surface area contributed by atoms with E-state index in [1.54, 1.807) is 10.9 Å². The maximum absolute atomic E-state index is 9.08. The Hall–Kier alpha value is -1.73. The van der Waals surface area contributed by atoms with Crippen molar-refractivity contribution in [2.45, 2.75) is 26.4 Å². The Morgan fingerprint density at radius 1 is 1.42 bits per heavy atom. The van der Waals surface area contributed by atoms with Crippen molar-refractivity contribution in [2.24, 2.45) is 7.05 Å². The molecule has 19 heavy (non-hydrogen) atoms. The first-order chi connectivity index (χ1) is 9.02. The van der Waals surface area contributed by atoms with Crippen LogP contribution in [0.5, 0.6) is 0 Å². The number of nitrogen functional groups attached to an aromatic ring is 1.